The molecule has 6 rings (SSSR count). The van der Waals surface area contributed by atoms with Gasteiger partial charge in [0.2, 0.25) is 0 Å². The van der Waals surface area contributed by atoms with Gasteiger partial charge >= 0.3 is 20.1 Å². The largest absolute Gasteiger partial charge is 3.00 e. The molecule has 0 radical (unpaired) electrons. The zero-order valence-electron chi connectivity index (χ0n) is 27.7. The van der Waals surface area contributed by atoms with Gasteiger partial charge in [0.15, 0.2) is 0 Å². The van der Waals surface area contributed by atoms with E-state index in [1.165, 1.54) is 46.9 Å². The van der Waals surface area contributed by atoms with E-state index in [-0.39, 0.29) is 31.7 Å². The Hall–Kier alpha value is -4.44. The van der Waals surface area contributed by atoms with Crippen molar-refractivity contribution in [2.24, 2.45) is 0 Å². The van der Waals surface area contributed by atoms with E-state index < -0.39 is 0 Å². The fraction of sp³-hybridized carbons (Fsp3) is 0.195. The summed E-state index contributed by atoms with van der Waals surface area (Å²) in [4.78, 5) is 29.5. The Morgan fingerprint density at radius 2 is 0.935 bits per heavy atom. The third-order valence-corrected chi connectivity index (χ3v) is 7.10. The molecule has 0 unspecified atom stereocenters. The molecule has 234 valence electrons. The topological polar surface area (TPSA) is 59.9 Å². The second-order valence-corrected chi connectivity index (χ2v) is 11.6. The number of aromatic nitrogens is 2. The fourth-order valence-electron chi connectivity index (χ4n) is 5.33. The molecule has 5 heteroatoms. The Labute approximate surface area is 286 Å². The molecule has 0 aliphatic heterocycles. The van der Waals surface area contributed by atoms with E-state index in [9.17, 15) is 9.59 Å². The molecule has 0 atom stereocenters. The monoisotopic (exact) mass is 784 g/mol. The van der Waals surface area contributed by atoms with Gasteiger partial charge < -0.3 is 9.59 Å². The summed E-state index contributed by atoms with van der Waals surface area (Å²) in [7, 11) is 0. The zero-order chi connectivity index (χ0) is 32.7. The number of carbonyl (C=O) groups excluding carboxylic acids is 2. The third-order valence-electron chi connectivity index (χ3n) is 7.10. The molecule has 0 aliphatic carbocycles. The molecule has 0 saturated carbocycles. The quantitative estimate of drug-likeness (QED) is 0.132. The van der Waals surface area contributed by atoms with Gasteiger partial charge in [0.25, 0.3) is 0 Å². The number of carbonyl (C=O) groups is 2. The average Bonchev–Trinajstić information content (AvgIpc) is 2.96. The molecule has 0 bridgehead atoms. The van der Waals surface area contributed by atoms with Crippen molar-refractivity contribution >= 4 is 33.4 Å². The molecule has 2 heterocycles. The van der Waals surface area contributed by atoms with Gasteiger partial charge in [0.05, 0.1) is 11.0 Å². The Morgan fingerprint density at radius 3 is 1.26 bits per heavy atom. The maximum atomic E-state index is 9.98. The summed E-state index contributed by atoms with van der Waals surface area (Å²) in [5.74, 6) is -0.375. The maximum absolute atomic E-state index is 9.98. The van der Waals surface area contributed by atoms with Crippen LogP contribution in [0.3, 0.4) is 0 Å². The number of fused-ring (bicyclic) bond motifs is 2. The standard InChI is InChI=1S/2C18H16N.C5H7O2.Ir/c2*1-12-8-13(2)10-15(9-12)18-11-14(3)16-6-4-5-7-17(16)19-18;1-4(6)3-5(2)7;/h2*4-9,11H,1-3H3;3H,1-2H3;/q3*-1;+3. The normalized spacial score (nSPS) is 10.2. The van der Waals surface area contributed by atoms with E-state index in [1.807, 2.05) is 12.1 Å². The van der Waals surface area contributed by atoms with Crippen molar-refractivity contribution in [3.8, 4) is 22.5 Å². The first-order valence-electron chi connectivity index (χ1n) is 15.0. The maximum Gasteiger partial charge on any atom is 3.00 e. The number of hydrogen-bond acceptors (Lipinski definition) is 4. The summed E-state index contributed by atoms with van der Waals surface area (Å²) >= 11 is 0. The number of para-hydroxylation sites is 2. The first-order chi connectivity index (χ1) is 21.4. The predicted molar refractivity (Wildman–Crippen MR) is 186 cm³/mol. The Kier molecular flexibility index (Phi) is 12.7. The first kappa shape index (κ1) is 36.0. The molecule has 2 aromatic heterocycles. The molecular weight excluding hydrogens is 745 g/mol. The van der Waals surface area contributed by atoms with Crippen LogP contribution in [0.25, 0.3) is 44.3 Å². The molecule has 0 spiro atoms. The Morgan fingerprint density at radius 1 is 0.565 bits per heavy atom. The summed E-state index contributed by atoms with van der Waals surface area (Å²) in [6, 6.07) is 36.2. The molecule has 0 saturated heterocycles. The number of Topliss-reactive ketones (excluding diaryl/α,β-unsaturated/α-hetero) is 2. The summed E-state index contributed by atoms with van der Waals surface area (Å²) in [5.41, 5.74) is 13.6. The van der Waals surface area contributed by atoms with Gasteiger partial charge in [0, 0.05) is 22.3 Å². The molecular formula is C41H39IrN2O2. The van der Waals surface area contributed by atoms with Gasteiger partial charge in [-0.2, -0.15) is 0 Å². The summed E-state index contributed by atoms with van der Waals surface area (Å²) in [6.07, 6.45) is 1.06. The average molecular weight is 784 g/mol. The van der Waals surface area contributed by atoms with Gasteiger partial charge in [-0.3, -0.25) is 16.4 Å². The van der Waals surface area contributed by atoms with E-state index in [1.54, 1.807) is 0 Å². The number of rotatable bonds is 4. The van der Waals surface area contributed by atoms with E-state index >= 15 is 0 Å². The second kappa shape index (κ2) is 16.2. The van der Waals surface area contributed by atoms with Crippen molar-refractivity contribution < 1.29 is 29.7 Å². The van der Waals surface area contributed by atoms with Crippen molar-refractivity contribution in [2.45, 2.75) is 55.4 Å². The minimum Gasteiger partial charge on any atom is -0.334 e. The third kappa shape index (κ3) is 9.78. The van der Waals surface area contributed by atoms with Crippen LogP contribution in [0.2, 0.25) is 0 Å². The van der Waals surface area contributed by atoms with E-state index in [4.69, 9.17) is 9.97 Å². The van der Waals surface area contributed by atoms with Crippen LogP contribution in [0.4, 0.5) is 0 Å². The van der Waals surface area contributed by atoms with Gasteiger partial charge in [0.1, 0.15) is 0 Å². The molecule has 0 fully saturated rings. The smallest absolute Gasteiger partial charge is 0.334 e. The summed E-state index contributed by atoms with van der Waals surface area (Å²) in [6.45, 7) is 15.3. The van der Waals surface area contributed by atoms with Crippen molar-refractivity contribution in [1.29, 1.82) is 0 Å². The zero-order valence-corrected chi connectivity index (χ0v) is 30.1. The predicted octanol–water partition coefficient (Wildman–Crippen LogP) is 9.62. The number of pyridine rings is 2. The molecule has 6 aromatic rings. The molecule has 0 N–H and O–H groups in total. The van der Waals surface area contributed by atoms with Crippen LogP contribution in [-0.4, -0.2) is 21.5 Å². The SMILES string of the molecule is CC(=O)[CH-]C(C)=O.Cc1[c-]c(-c2cc(C)c3ccccc3n2)cc(C)c1.Cc1[c-]c(-c2cc(C)c3ccccc3n2)cc(C)c1.[Ir+3]. The van der Waals surface area contributed by atoms with Crippen LogP contribution in [0.15, 0.2) is 84.9 Å². The molecule has 4 nitrogen and oxygen atoms in total. The van der Waals surface area contributed by atoms with E-state index in [0.717, 1.165) is 51.1 Å². The molecule has 46 heavy (non-hydrogen) atoms. The van der Waals surface area contributed by atoms with Crippen molar-refractivity contribution in [1.82, 2.24) is 9.97 Å². The minimum absolute atomic E-state index is 0. The molecule has 4 aromatic carbocycles. The minimum atomic E-state index is -0.187. The van der Waals surface area contributed by atoms with Crippen LogP contribution < -0.4 is 0 Å². The summed E-state index contributed by atoms with van der Waals surface area (Å²) in [5, 5.41) is 2.44. The van der Waals surface area contributed by atoms with Crippen LogP contribution in [0.1, 0.15) is 47.2 Å². The van der Waals surface area contributed by atoms with Crippen LogP contribution in [0, 0.1) is 60.1 Å². The van der Waals surface area contributed by atoms with Gasteiger partial charge in [-0.25, -0.2) is 0 Å². The Balaban J connectivity index is 0.000000205. The second-order valence-electron chi connectivity index (χ2n) is 11.6. The number of nitrogens with zero attached hydrogens (tertiary/aromatic N) is 2. The van der Waals surface area contributed by atoms with Crippen molar-refractivity contribution in [2.75, 3.05) is 0 Å². The van der Waals surface area contributed by atoms with Crippen LogP contribution >= 0.6 is 0 Å². The van der Waals surface area contributed by atoms with Crippen LogP contribution in [0.5, 0.6) is 0 Å². The van der Waals surface area contributed by atoms with Crippen molar-refractivity contribution in [3.05, 3.63) is 137 Å². The number of ketones is 2. The van der Waals surface area contributed by atoms with E-state index in [2.05, 4.69) is 126 Å². The fourth-order valence-corrected chi connectivity index (χ4v) is 5.33. The summed E-state index contributed by atoms with van der Waals surface area (Å²) < 4.78 is 0. The number of aryl methyl sites for hydroxylation is 6. The van der Waals surface area contributed by atoms with Gasteiger partial charge in [-0.1, -0.05) is 76.2 Å². The molecule has 0 amide bonds. The van der Waals surface area contributed by atoms with E-state index in [0.29, 0.717) is 0 Å². The number of hydrogen-bond donors (Lipinski definition) is 0. The molecule has 0 aliphatic rings. The van der Waals surface area contributed by atoms with Gasteiger partial charge in [-0.05, 0) is 62.3 Å². The van der Waals surface area contributed by atoms with Crippen LogP contribution in [-0.2, 0) is 29.7 Å². The van der Waals surface area contributed by atoms with Gasteiger partial charge in [-0.15, -0.1) is 69.8 Å². The van der Waals surface area contributed by atoms with Crippen molar-refractivity contribution in [3.63, 3.8) is 0 Å². The first-order valence-corrected chi connectivity index (χ1v) is 15.0. The number of benzene rings is 4. The Bertz CT molecular complexity index is 1830.